The molecular weight excluding hydrogens is 284 g/mol. The van der Waals surface area contributed by atoms with Gasteiger partial charge in [-0.25, -0.2) is 8.42 Å². The number of carbonyl (C=O) groups excluding carboxylic acids is 1. The van der Waals surface area contributed by atoms with Crippen LogP contribution < -0.4 is 0 Å². The van der Waals surface area contributed by atoms with E-state index in [-0.39, 0.29) is 34.6 Å². The molecule has 2 heterocycles. The van der Waals surface area contributed by atoms with Crippen LogP contribution in [0.3, 0.4) is 0 Å². The van der Waals surface area contributed by atoms with Crippen LogP contribution in [0.15, 0.2) is 17.6 Å². The summed E-state index contributed by atoms with van der Waals surface area (Å²) in [5.74, 6) is 0.393. The molecule has 7 heteroatoms. The minimum Gasteiger partial charge on any atom is -0.342 e. The number of nitrogens with zero attached hydrogens (tertiary/aromatic N) is 2. The summed E-state index contributed by atoms with van der Waals surface area (Å²) in [4.78, 5) is 17.9. The molecule has 2 unspecified atom stereocenters. The van der Waals surface area contributed by atoms with E-state index in [2.05, 4.69) is 11.6 Å². The summed E-state index contributed by atoms with van der Waals surface area (Å²) in [6.07, 6.45) is 3.59. The highest BCUT2D eigenvalue weighted by atomic mass is 32.2. The second kappa shape index (κ2) is 4.63. The van der Waals surface area contributed by atoms with Gasteiger partial charge in [-0.1, -0.05) is 17.8 Å². The molecular formula is C12H16N2O3S2. The molecule has 0 N–H and O–H groups in total. The van der Waals surface area contributed by atoms with Crippen LogP contribution in [-0.4, -0.2) is 53.7 Å². The maximum absolute atomic E-state index is 11.8. The van der Waals surface area contributed by atoms with Crippen LogP contribution in [0.4, 0.5) is 0 Å². The summed E-state index contributed by atoms with van der Waals surface area (Å²) in [7, 11) is -2.95. The van der Waals surface area contributed by atoms with E-state index >= 15 is 0 Å². The molecule has 19 heavy (non-hydrogen) atoms. The predicted octanol–water partition coefficient (Wildman–Crippen LogP) is 0.679. The Morgan fingerprint density at radius 3 is 2.84 bits per heavy atom. The average molecular weight is 300 g/mol. The lowest BCUT2D eigenvalue weighted by Gasteiger charge is -2.22. The van der Waals surface area contributed by atoms with E-state index in [1.807, 2.05) is 4.90 Å². The van der Waals surface area contributed by atoms with Gasteiger partial charge in [-0.05, 0) is 12.8 Å². The van der Waals surface area contributed by atoms with E-state index in [9.17, 15) is 13.2 Å². The van der Waals surface area contributed by atoms with Crippen molar-refractivity contribution in [3.05, 3.63) is 12.7 Å². The normalized spacial score (nSPS) is 34.5. The number of hydrogen-bond acceptors (Lipinski definition) is 4. The van der Waals surface area contributed by atoms with E-state index in [0.717, 1.165) is 12.8 Å². The van der Waals surface area contributed by atoms with Gasteiger partial charge in [0, 0.05) is 17.7 Å². The highest BCUT2D eigenvalue weighted by molar-refractivity contribution is 8.15. The van der Waals surface area contributed by atoms with Crippen molar-refractivity contribution in [3.8, 4) is 0 Å². The number of carbonyl (C=O) groups is 1. The fourth-order valence-corrected chi connectivity index (χ4v) is 6.47. The minimum atomic E-state index is -2.95. The van der Waals surface area contributed by atoms with Crippen LogP contribution >= 0.6 is 11.8 Å². The Balaban J connectivity index is 1.83. The van der Waals surface area contributed by atoms with E-state index < -0.39 is 9.84 Å². The van der Waals surface area contributed by atoms with Crippen LogP contribution in [0.2, 0.25) is 0 Å². The summed E-state index contributed by atoms with van der Waals surface area (Å²) in [5.41, 5.74) is 0. The van der Waals surface area contributed by atoms with Crippen LogP contribution in [-0.2, 0) is 14.6 Å². The van der Waals surface area contributed by atoms with Gasteiger partial charge in [-0.2, -0.15) is 4.99 Å². The SMILES string of the molecule is C=CCN1C(=NC(=O)C2CC2)SC2CS(=O)(=O)CC21. The van der Waals surface area contributed by atoms with E-state index in [4.69, 9.17) is 0 Å². The van der Waals surface area contributed by atoms with Gasteiger partial charge in [-0.15, -0.1) is 6.58 Å². The first-order valence-electron chi connectivity index (χ1n) is 6.37. The van der Waals surface area contributed by atoms with Crippen molar-refractivity contribution in [1.29, 1.82) is 0 Å². The van der Waals surface area contributed by atoms with Crippen LogP contribution in [0.25, 0.3) is 0 Å². The third-order valence-electron chi connectivity index (χ3n) is 3.63. The Labute approximate surface area is 117 Å². The number of amidine groups is 1. The molecule has 0 bridgehead atoms. The smallest absolute Gasteiger partial charge is 0.251 e. The highest BCUT2D eigenvalue weighted by Gasteiger charge is 2.48. The number of aliphatic imine (C=N–C) groups is 1. The lowest BCUT2D eigenvalue weighted by atomic mass is 10.2. The number of sulfone groups is 1. The molecule has 0 aromatic heterocycles. The van der Waals surface area contributed by atoms with Crippen LogP contribution in [0, 0.1) is 5.92 Å². The summed E-state index contributed by atoms with van der Waals surface area (Å²) in [6.45, 7) is 4.24. The van der Waals surface area contributed by atoms with Gasteiger partial charge < -0.3 is 4.90 Å². The topological polar surface area (TPSA) is 66.8 Å². The van der Waals surface area contributed by atoms with Crippen molar-refractivity contribution >= 4 is 32.7 Å². The number of thioether (sulfide) groups is 1. The first-order chi connectivity index (χ1) is 9.00. The molecule has 104 valence electrons. The molecule has 1 amide bonds. The second-order valence-electron chi connectivity index (χ2n) is 5.25. The quantitative estimate of drug-likeness (QED) is 0.717. The molecule has 0 aromatic rings. The molecule has 5 nitrogen and oxygen atoms in total. The van der Waals surface area contributed by atoms with Crippen LogP contribution in [0.5, 0.6) is 0 Å². The molecule has 3 aliphatic rings. The van der Waals surface area contributed by atoms with Gasteiger partial charge in [0.25, 0.3) is 5.91 Å². The van der Waals surface area contributed by atoms with Crippen molar-refractivity contribution in [1.82, 2.24) is 4.90 Å². The highest BCUT2D eigenvalue weighted by Crippen LogP contribution is 2.39. The number of hydrogen-bond donors (Lipinski definition) is 0. The van der Waals surface area contributed by atoms with Gasteiger partial charge in [0.15, 0.2) is 15.0 Å². The zero-order chi connectivity index (χ0) is 13.6. The number of amides is 1. The zero-order valence-electron chi connectivity index (χ0n) is 10.5. The Morgan fingerprint density at radius 2 is 2.21 bits per heavy atom. The third kappa shape index (κ3) is 2.58. The molecule has 2 saturated heterocycles. The van der Waals surface area contributed by atoms with E-state index in [1.54, 1.807) is 6.08 Å². The van der Waals surface area contributed by atoms with Crippen molar-refractivity contribution < 1.29 is 13.2 Å². The van der Waals surface area contributed by atoms with E-state index in [1.165, 1.54) is 11.8 Å². The first-order valence-corrected chi connectivity index (χ1v) is 9.07. The molecule has 2 aliphatic heterocycles. The molecule has 0 aromatic carbocycles. The van der Waals surface area contributed by atoms with Gasteiger partial charge in [0.05, 0.1) is 17.5 Å². The Kier molecular flexibility index (Phi) is 3.21. The standard InChI is InChI=1S/C12H16N2O3S2/c1-2-5-14-9-6-19(16,17)7-10(9)18-12(14)13-11(15)8-3-4-8/h2,8-10H,1,3-7H2. The minimum absolute atomic E-state index is 0.00991. The molecule has 1 saturated carbocycles. The molecule has 2 atom stereocenters. The maximum Gasteiger partial charge on any atom is 0.251 e. The molecule has 1 aliphatic carbocycles. The number of rotatable bonds is 3. The summed E-state index contributed by atoms with van der Waals surface area (Å²) in [6, 6.07) is -0.0567. The fraction of sp³-hybridized carbons (Fsp3) is 0.667. The summed E-state index contributed by atoms with van der Waals surface area (Å²) >= 11 is 1.43. The van der Waals surface area contributed by atoms with E-state index in [0.29, 0.717) is 11.7 Å². The molecule has 3 fully saturated rings. The van der Waals surface area contributed by atoms with Crippen molar-refractivity contribution in [2.45, 2.75) is 24.1 Å². The Bertz CT molecular complexity index is 551. The van der Waals surface area contributed by atoms with Crippen LogP contribution in [0.1, 0.15) is 12.8 Å². The van der Waals surface area contributed by atoms with Crippen molar-refractivity contribution in [2.75, 3.05) is 18.1 Å². The lowest BCUT2D eigenvalue weighted by Crippen LogP contribution is -2.37. The fourth-order valence-electron chi connectivity index (χ4n) is 2.50. The monoisotopic (exact) mass is 300 g/mol. The van der Waals surface area contributed by atoms with Gasteiger partial charge in [0.2, 0.25) is 0 Å². The van der Waals surface area contributed by atoms with Crippen molar-refractivity contribution in [3.63, 3.8) is 0 Å². The average Bonchev–Trinajstić information content (AvgIpc) is 3.06. The summed E-state index contributed by atoms with van der Waals surface area (Å²) in [5, 5.41) is 0.692. The number of fused-ring (bicyclic) bond motifs is 1. The maximum atomic E-state index is 11.8. The first kappa shape index (κ1) is 13.2. The van der Waals surface area contributed by atoms with Gasteiger partial charge in [-0.3, -0.25) is 4.79 Å². The molecule has 0 radical (unpaired) electrons. The predicted molar refractivity (Wildman–Crippen MR) is 75.9 cm³/mol. The van der Waals surface area contributed by atoms with Crippen molar-refractivity contribution in [2.24, 2.45) is 10.9 Å². The molecule has 0 spiro atoms. The largest absolute Gasteiger partial charge is 0.342 e. The third-order valence-corrected chi connectivity index (χ3v) is 6.88. The summed E-state index contributed by atoms with van der Waals surface area (Å²) < 4.78 is 23.3. The van der Waals surface area contributed by atoms with Gasteiger partial charge >= 0.3 is 0 Å². The second-order valence-corrected chi connectivity index (χ2v) is 8.61. The molecule has 3 rings (SSSR count). The lowest BCUT2D eigenvalue weighted by molar-refractivity contribution is -0.118. The Morgan fingerprint density at radius 1 is 1.47 bits per heavy atom. The zero-order valence-corrected chi connectivity index (χ0v) is 12.1. The Hall–Kier alpha value is -0.820. The van der Waals surface area contributed by atoms with Gasteiger partial charge in [0.1, 0.15) is 0 Å².